The molecule has 0 atom stereocenters. The molecule has 76 valence electrons. The number of rotatable bonds is 4. The number of hydrogen-bond donors (Lipinski definition) is 1. The van der Waals surface area contributed by atoms with Crippen LogP contribution in [0, 0.1) is 6.92 Å². The summed E-state index contributed by atoms with van der Waals surface area (Å²) in [5.74, 6) is 1.11. The highest BCUT2D eigenvalue weighted by molar-refractivity contribution is 7.99. The smallest absolute Gasteiger partial charge is 0.251 e. The monoisotopic (exact) mass is 230 g/mol. The van der Waals surface area contributed by atoms with Crippen molar-refractivity contribution in [3.05, 3.63) is 34.3 Å². The average Bonchev–Trinajstić information content (AvgIpc) is 2.12. The summed E-state index contributed by atoms with van der Waals surface area (Å²) in [5, 5.41) is 0.612. The molecular formula is C9H11ClN2OS. The van der Waals surface area contributed by atoms with E-state index in [0.29, 0.717) is 22.5 Å². The van der Waals surface area contributed by atoms with Crippen LogP contribution < -0.4 is 5.56 Å². The van der Waals surface area contributed by atoms with Crippen LogP contribution in [0.3, 0.4) is 0 Å². The van der Waals surface area contributed by atoms with Gasteiger partial charge in [0, 0.05) is 23.4 Å². The predicted octanol–water partition coefficient (Wildman–Crippen LogP) is 1.97. The van der Waals surface area contributed by atoms with E-state index >= 15 is 0 Å². The first kappa shape index (κ1) is 11.3. The van der Waals surface area contributed by atoms with Crippen LogP contribution in [0.15, 0.2) is 28.2 Å². The SMILES string of the molecule is C=C(CCl)CSc1nc(C)cc(=O)[nH]1. The van der Waals surface area contributed by atoms with E-state index < -0.39 is 0 Å². The molecule has 0 aromatic carbocycles. The molecule has 0 radical (unpaired) electrons. The Balaban J connectivity index is 2.68. The first-order valence-electron chi connectivity index (χ1n) is 4.05. The van der Waals surface area contributed by atoms with E-state index in [1.807, 2.05) is 0 Å². The maximum Gasteiger partial charge on any atom is 0.251 e. The third kappa shape index (κ3) is 3.55. The molecule has 1 N–H and O–H groups in total. The molecule has 0 saturated carbocycles. The Bertz CT molecular complexity index is 389. The Morgan fingerprint density at radius 3 is 3.07 bits per heavy atom. The van der Waals surface area contributed by atoms with Crippen LogP contribution in [0.25, 0.3) is 0 Å². The number of halogens is 1. The number of aromatic amines is 1. The molecule has 3 nitrogen and oxygen atoms in total. The minimum atomic E-state index is -0.128. The molecule has 1 aromatic rings. The molecule has 0 aliphatic heterocycles. The molecule has 5 heteroatoms. The average molecular weight is 231 g/mol. The van der Waals surface area contributed by atoms with Gasteiger partial charge >= 0.3 is 0 Å². The molecule has 0 bridgehead atoms. The fourth-order valence-electron chi connectivity index (χ4n) is 0.829. The molecule has 0 aliphatic rings. The Morgan fingerprint density at radius 1 is 1.79 bits per heavy atom. The number of hydrogen-bond acceptors (Lipinski definition) is 3. The largest absolute Gasteiger partial charge is 0.301 e. The summed E-state index contributed by atoms with van der Waals surface area (Å²) >= 11 is 7.01. The van der Waals surface area contributed by atoms with Crippen LogP contribution in [0.1, 0.15) is 5.69 Å². The maximum absolute atomic E-state index is 11.1. The van der Waals surface area contributed by atoms with E-state index in [1.165, 1.54) is 17.8 Å². The number of nitrogens with zero attached hydrogens (tertiary/aromatic N) is 1. The van der Waals surface area contributed by atoms with Crippen LogP contribution in [-0.2, 0) is 0 Å². The maximum atomic E-state index is 11.1. The van der Waals surface area contributed by atoms with Crippen molar-refractivity contribution in [3.63, 3.8) is 0 Å². The van der Waals surface area contributed by atoms with E-state index in [9.17, 15) is 4.79 Å². The quantitative estimate of drug-likeness (QED) is 0.372. The molecule has 0 unspecified atom stereocenters. The minimum absolute atomic E-state index is 0.128. The van der Waals surface area contributed by atoms with Gasteiger partial charge in [0.25, 0.3) is 5.56 Å². The summed E-state index contributed by atoms with van der Waals surface area (Å²) in [6, 6.07) is 1.46. The van der Waals surface area contributed by atoms with E-state index in [1.54, 1.807) is 6.92 Å². The Kier molecular flexibility index (Phi) is 4.22. The van der Waals surface area contributed by atoms with Gasteiger partial charge in [-0.25, -0.2) is 4.98 Å². The van der Waals surface area contributed by atoms with Crippen molar-refractivity contribution < 1.29 is 0 Å². The second-order valence-corrected chi connectivity index (χ2v) is 4.10. The highest BCUT2D eigenvalue weighted by atomic mass is 35.5. The lowest BCUT2D eigenvalue weighted by Gasteiger charge is -2.01. The molecule has 0 amide bonds. The zero-order chi connectivity index (χ0) is 10.6. The van der Waals surface area contributed by atoms with Crippen LogP contribution in [0.2, 0.25) is 0 Å². The Labute approximate surface area is 91.6 Å². The van der Waals surface area contributed by atoms with Gasteiger partial charge < -0.3 is 4.98 Å². The number of nitrogens with one attached hydrogen (secondary N) is 1. The van der Waals surface area contributed by atoms with Crippen molar-refractivity contribution in [1.82, 2.24) is 9.97 Å². The third-order valence-corrected chi connectivity index (χ3v) is 2.85. The Morgan fingerprint density at radius 2 is 2.50 bits per heavy atom. The molecule has 1 aromatic heterocycles. The van der Waals surface area contributed by atoms with Gasteiger partial charge in [-0.05, 0) is 6.92 Å². The fourth-order valence-corrected chi connectivity index (χ4v) is 1.86. The first-order valence-corrected chi connectivity index (χ1v) is 5.57. The van der Waals surface area contributed by atoms with E-state index in [0.717, 1.165) is 5.57 Å². The van der Waals surface area contributed by atoms with Crippen LogP contribution >= 0.6 is 23.4 Å². The summed E-state index contributed by atoms with van der Waals surface area (Å²) in [5.41, 5.74) is 1.50. The van der Waals surface area contributed by atoms with Gasteiger partial charge in [0.15, 0.2) is 5.16 Å². The molecule has 0 saturated heterocycles. The Hall–Kier alpha value is -0.740. The fraction of sp³-hybridized carbons (Fsp3) is 0.333. The summed E-state index contributed by atoms with van der Waals surface area (Å²) in [7, 11) is 0. The van der Waals surface area contributed by atoms with Gasteiger partial charge in [0.05, 0.1) is 0 Å². The van der Waals surface area contributed by atoms with Gasteiger partial charge in [-0.15, -0.1) is 11.6 Å². The van der Waals surface area contributed by atoms with Crippen molar-refractivity contribution in [3.8, 4) is 0 Å². The van der Waals surface area contributed by atoms with Crippen molar-refractivity contribution in [1.29, 1.82) is 0 Å². The van der Waals surface area contributed by atoms with Crippen molar-refractivity contribution >= 4 is 23.4 Å². The summed E-state index contributed by atoms with van der Waals surface area (Å²) < 4.78 is 0. The number of H-pyrrole nitrogens is 1. The number of aryl methyl sites for hydroxylation is 1. The number of alkyl halides is 1. The molecule has 14 heavy (non-hydrogen) atoms. The molecule has 1 rings (SSSR count). The zero-order valence-electron chi connectivity index (χ0n) is 7.84. The van der Waals surface area contributed by atoms with Gasteiger partial charge in [-0.2, -0.15) is 0 Å². The highest BCUT2D eigenvalue weighted by Gasteiger charge is 2.00. The van der Waals surface area contributed by atoms with Gasteiger partial charge in [-0.1, -0.05) is 23.9 Å². The predicted molar refractivity (Wildman–Crippen MR) is 60.2 cm³/mol. The molecule has 0 fully saturated rings. The molecule has 0 spiro atoms. The third-order valence-electron chi connectivity index (χ3n) is 1.45. The standard InChI is InChI=1S/C9H11ClN2OS/c1-6(4-10)5-14-9-11-7(2)3-8(13)12-9/h3H,1,4-5H2,2H3,(H,11,12,13). The number of thioether (sulfide) groups is 1. The minimum Gasteiger partial charge on any atom is -0.301 e. The summed E-state index contributed by atoms with van der Waals surface area (Å²) in [4.78, 5) is 17.9. The topological polar surface area (TPSA) is 45.8 Å². The highest BCUT2D eigenvalue weighted by Crippen LogP contribution is 2.14. The molecular weight excluding hydrogens is 220 g/mol. The van der Waals surface area contributed by atoms with E-state index in [-0.39, 0.29) is 5.56 Å². The van der Waals surface area contributed by atoms with Gasteiger partial charge in [0.2, 0.25) is 0 Å². The van der Waals surface area contributed by atoms with E-state index in [4.69, 9.17) is 11.6 Å². The number of aromatic nitrogens is 2. The lowest BCUT2D eigenvalue weighted by Crippen LogP contribution is -2.08. The lowest BCUT2D eigenvalue weighted by atomic mass is 10.4. The molecule has 0 aliphatic carbocycles. The first-order chi connectivity index (χ1) is 6.61. The molecule has 1 heterocycles. The normalized spacial score (nSPS) is 10.1. The summed E-state index contributed by atoms with van der Waals surface area (Å²) in [6.45, 7) is 5.55. The van der Waals surface area contributed by atoms with Crippen LogP contribution in [0.4, 0.5) is 0 Å². The second-order valence-electron chi connectivity index (χ2n) is 2.86. The summed E-state index contributed by atoms with van der Waals surface area (Å²) in [6.07, 6.45) is 0. The van der Waals surface area contributed by atoms with Crippen molar-refractivity contribution in [2.45, 2.75) is 12.1 Å². The van der Waals surface area contributed by atoms with E-state index in [2.05, 4.69) is 16.5 Å². The zero-order valence-corrected chi connectivity index (χ0v) is 9.41. The van der Waals surface area contributed by atoms with Crippen molar-refractivity contribution in [2.75, 3.05) is 11.6 Å². The van der Waals surface area contributed by atoms with Crippen LogP contribution in [0.5, 0.6) is 0 Å². The lowest BCUT2D eigenvalue weighted by molar-refractivity contribution is 0.906. The van der Waals surface area contributed by atoms with Crippen molar-refractivity contribution in [2.24, 2.45) is 0 Å². The van der Waals surface area contributed by atoms with Gasteiger partial charge in [-0.3, -0.25) is 4.79 Å². The van der Waals surface area contributed by atoms with Gasteiger partial charge in [0.1, 0.15) is 0 Å². The second kappa shape index (κ2) is 5.22. The van der Waals surface area contributed by atoms with Crippen LogP contribution in [-0.4, -0.2) is 21.6 Å².